The maximum Gasteiger partial charge on any atom is 1.00 e. The fraction of sp³-hybridized carbons (Fsp3) is 0.667. The van der Waals surface area contributed by atoms with Gasteiger partial charge in [-0.3, -0.25) is 0 Å². The number of carbonyl (C=O) groups excluding carboxylic acids is 1. The van der Waals surface area contributed by atoms with Crippen molar-refractivity contribution in [3.63, 3.8) is 0 Å². The predicted molar refractivity (Wildman–Crippen MR) is 24.5 cm³/mol. The normalized spacial score (nSPS) is 8.75. The maximum atomic E-state index is 9.60. The molecule has 0 fully saturated rings. The van der Waals surface area contributed by atoms with Crippen molar-refractivity contribution in [1.29, 1.82) is 0 Å². The van der Waals surface area contributed by atoms with Gasteiger partial charge in [-0.25, -0.2) is 4.79 Å². The van der Waals surface area contributed by atoms with Gasteiger partial charge < -0.3 is 11.9 Å². The van der Waals surface area contributed by atoms with Crippen LogP contribution >= 0.6 is 0 Å². The Bertz CT molecular complexity index is 115. The zero-order valence-electron chi connectivity index (χ0n) is 7.65. The van der Waals surface area contributed by atoms with Gasteiger partial charge in [0.15, 0.2) is 0 Å². The summed E-state index contributed by atoms with van der Waals surface area (Å²) in [6.45, 7) is 2.06. The van der Waals surface area contributed by atoms with E-state index in [9.17, 15) is 4.79 Å². The number of hydrogen-bond acceptors (Lipinski definition) is 6. The summed E-state index contributed by atoms with van der Waals surface area (Å²) < 4.78 is 36.9. The molecule has 0 rings (SSSR count). The summed E-state index contributed by atoms with van der Waals surface area (Å²) in [7, 11) is -4.69. The Hall–Kier alpha value is -0.00260. The Balaban J connectivity index is -0.0000000546. The molecule has 1 amide bonds. The molecule has 0 heterocycles. The van der Waals surface area contributed by atoms with Crippen LogP contribution in [0.2, 0.25) is 0 Å². The Morgan fingerprint density at radius 2 is 1.92 bits per heavy atom. The van der Waals surface area contributed by atoms with E-state index in [1.807, 2.05) is 0 Å². The van der Waals surface area contributed by atoms with E-state index in [0.29, 0.717) is 6.61 Å². The van der Waals surface area contributed by atoms with Crippen LogP contribution in [0.25, 0.3) is 0 Å². The second-order valence-electron chi connectivity index (χ2n) is 1.15. The molecule has 0 unspecified atom stereocenters. The molecule has 70 valence electrons. The third kappa shape index (κ3) is 90.1. The van der Waals surface area contributed by atoms with Gasteiger partial charge in [0.1, 0.15) is 0 Å². The molecule has 0 atom stereocenters. The molecular weight excluding hydrogens is 188 g/mol. The van der Waals surface area contributed by atoms with Crippen molar-refractivity contribution >= 4 is 6.09 Å². The first kappa shape index (κ1) is 17.9. The molecule has 0 aromatic heterocycles. The van der Waals surface area contributed by atoms with Crippen LogP contribution in [0.1, 0.15) is 8.35 Å². The van der Waals surface area contributed by atoms with E-state index in [1.54, 1.807) is 6.92 Å². The van der Waals surface area contributed by atoms with Gasteiger partial charge in [-0.15, -0.1) is 0 Å². The first-order valence-corrected chi connectivity index (χ1v) is 3.59. The smallest absolute Gasteiger partial charge is 1.00 e. The molecule has 3 N–H and O–H groups in total. The molecule has 0 bridgehead atoms. The fourth-order valence-electron chi connectivity index (χ4n) is 0.142. The Kier molecular flexibility index (Phi) is 13.6. The standard InChI is InChI=1S/C3H7NO2.ClHO4.Li.H/c1-2-6-3(4)5;2-1(3,4)5;;/h2H2,1H3,(H2,4,5);(H,2,3,4,5);;/q;;+1;-1. The Labute approximate surface area is 84.5 Å². The van der Waals surface area contributed by atoms with Gasteiger partial charge in [0.05, 0.1) is 21.5 Å². The number of ether oxygens (including phenoxy) is 1. The predicted octanol–water partition coefficient (Wildman–Crippen LogP) is -6.91. The van der Waals surface area contributed by atoms with Gasteiger partial charge in [-0.1, -0.05) is 0 Å². The van der Waals surface area contributed by atoms with Crippen molar-refractivity contribution in [3.8, 4) is 0 Å². The van der Waals surface area contributed by atoms with E-state index >= 15 is 0 Å². The summed E-state index contributed by atoms with van der Waals surface area (Å²) in [4.78, 5) is 9.60. The Morgan fingerprint density at radius 3 is 1.92 bits per heavy atom. The van der Waals surface area contributed by atoms with Crippen molar-refractivity contribution < 1.29 is 58.7 Å². The summed E-state index contributed by atoms with van der Waals surface area (Å²) in [6.07, 6.45) is -0.711. The minimum atomic E-state index is -4.69. The van der Waals surface area contributed by atoms with Gasteiger partial charge in [-0.2, -0.15) is 14.0 Å². The zero-order valence-corrected chi connectivity index (χ0v) is 7.41. The molecule has 0 spiro atoms. The molecule has 0 saturated heterocycles. The van der Waals surface area contributed by atoms with Crippen LogP contribution in [0.5, 0.6) is 0 Å². The summed E-state index contributed by atoms with van der Waals surface area (Å²) in [5.74, 6) is 0. The van der Waals surface area contributed by atoms with Crippen LogP contribution in [0.15, 0.2) is 0 Å². The topological polar surface area (TPSA) is 142 Å². The molecule has 0 radical (unpaired) electrons. The van der Waals surface area contributed by atoms with Crippen molar-refractivity contribution in [3.05, 3.63) is 0 Å². The van der Waals surface area contributed by atoms with Crippen LogP contribution in [-0.4, -0.2) is 17.4 Å². The quantitative estimate of drug-likeness (QED) is 0.400. The summed E-state index contributed by atoms with van der Waals surface area (Å²) in [5, 5.41) is 0. The fourth-order valence-corrected chi connectivity index (χ4v) is 0.142. The van der Waals surface area contributed by atoms with Crippen LogP contribution in [0.4, 0.5) is 4.79 Å². The van der Waals surface area contributed by atoms with Gasteiger partial charge in [0.25, 0.3) is 0 Å². The SMILES string of the molecule is CCOC(N)=O.[H-].[Li+].[O-][Cl+3]([O-])([O-])O. The van der Waals surface area contributed by atoms with E-state index in [0.717, 1.165) is 0 Å². The zero-order chi connectivity index (χ0) is 9.49. The van der Waals surface area contributed by atoms with Gasteiger partial charge in [0.2, 0.25) is 0 Å². The van der Waals surface area contributed by atoms with Crippen LogP contribution in [0.3, 0.4) is 0 Å². The first-order valence-electron chi connectivity index (χ1n) is 2.32. The van der Waals surface area contributed by atoms with Crippen molar-refractivity contribution in [1.82, 2.24) is 0 Å². The van der Waals surface area contributed by atoms with Crippen molar-refractivity contribution in [2.75, 3.05) is 6.61 Å². The number of primary amides is 1. The van der Waals surface area contributed by atoms with Crippen molar-refractivity contribution in [2.24, 2.45) is 5.73 Å². The monoisotopic (exact) mass is 197 g/mol. The van der Waals surface area contributed by atoms with Crippen LogP contribution in [0, 0.1) is 10.2 Å². The number of hydrogen-bond donors (Lipinski definition) is 2. The van der Waals surface area contributed by atoms with Crippen LogP contribution in [-0.2, 0) is 4.74 Å². The molecule has 0 aliphatic heterocycles. The molecule has 12 heavy (non-hydrogen) atoms. The van der Waals surface area contributed by atoms with Gasteiger partial charge in [0, 0.05) is 0 Å². The Morgan fingerprint density at radius 1 is 1.67 bits per heavy atom. The molecule has 0 aliphatic carbocycles. The second kappa shape index (κ2) is 9.09. The third-order valence-corrected chi connectivity index (χ3v) is 0.287. The largest absolute Gasteiger partial charge is 1.00 e. The second-order valence-corrected chi connectivity index (χ2v) is 1.94. The summed E-state index contributed by atoms with van der Waals surface area (Å²) in [5.41, 5.74) is 4.54. The number of nitrogens with two attached hydrogens (primary N) is 1. The maximum absolute atomic E-state index is 9.60. The van der Waals surface area contributed by atoms with Gasteiger partial charge >= 0.3 is 25.0 Å². The van der Waals surface area contributed by atoms with E-state index in [1.165, 1.54) is 0 Å². The molecule has 0 saturated carbocycles. The molecule has 0 aromatic carbocycles. The first-order chi connectivity index (χ1) is 4.77. The minimum absolute atomic E-state index is 0. The van der Waals surface area contributed by atoms with Gasteiger partial charge in [-0.05, 0) is 6.92 Å². The van der Waals surface area contributed by atoms with Crippen molar-refractivity contribution in [2.45, 2.75) is 6.92 Å². The van der Waals surface area contributed by atoms with Crippen LogP contribution < -0.4 is 38.6 Å². The summed E-state index contributed by atoms with van der Waals surface area (Å²) >= 11 is 0. The average Bonchev–Trinajstić information content (AvgIpc) is 1.58. The van der Waals surface area contributed by atoms with E-state index in [4.69, 9.17) is 18.6 Å². The molecule has 0 aliphatic rings. The van der Waals surface area contributed by atoms with E-state index in [-0.39, 0.29) is 20.3 Å². The number of amides is 1. The molecule has 7 nitrogen and oxygen atoms in total. The van der Waals surface area contributed by atoms with E-state index in [2.05, 4.69) is 10.5 Å². The third-order valence-electron chi connectivity index (χ3n) is 0.287. The van der Waals surface area contributed by atoms with E-state index < -0.39 is 16.3 Å². The average molecular weight is 198 g/mol. The summed E-state index contributed by atoms with van der Waals surface area (Å²) in [6, 6.07) is 0. The molecule has 9 heteroatoms. The molecule has 0 aromatic rings. The number of rotatable bonds is 1. The molecular formula is C3H9ClLiNO6. The number of carbonyl (C=O) groups is 1. The minimum Gasteiger partial charge on any atom is -1.00 e. The number of halogens is 1.